The smallest absolute Gasteiger partial charge is 0.249 e. The molecule has 3 atom stereocenters. The van der Waals surface area contributed by atoms with E-state index in [2.05, 4.69) is 5.32 Å². The Morgan fingerprint density at radius 3 is 2.52 bits per heavy atom. The van der Waals surface area contributed by atoms with Crippen molar-refractivity contribution in [3.8, 4) is 0 Å². The number of halogens is 1. The van der Waals surface area contributed by atoms with Crippen LogP contribution in [0.15, 0.2) is 0 Å². The van der Waals surface area contributed by atoms with Gasteiger partial charge in [0.1, 0.15) is 12.1 Å². The number of nitrogens with zero attached hydrogens (tertiary/aromatic N) is 1. The third-order valence-corrected chi connectivity index (χ3v) is 4.06. The van der Waals surface area contributed by atoms with E-state index in [1.54, 1.807) is 6.92 Å². The van der Waals surface area contributed by atoms with Crippen molar-refractivity contribution in [2.75, 3.05) is 19.6 Å². The summed E-state index contributed by atoms with van der Waals surface area (Å²) in [5.74, 6) is -0.190. The van der Waals surface area contributed by atoms with E-state index < -0.39 is 12.1 Å². The van der Waals surface area contributed by atoms with Crippen LogP contribution >= 0.6 is 12.4 Å². The molecule has 7 heteroatoms. The van der Waals surface area contributed by atoms with Crippen molar-refractivity contribution in [3.05, 3.63) is 0 Å². The van der Waals surface area contributed by atoms with Crippen molar-refractivity contribution in [3.63, 3.8) is 0 Å². The Bertz CT molecular complexity index is 361. The van der Waals surface area contributed by atoms with E-state index >= 15 is 0 Å². The highest BCUT2D eigenvalue weighted by Crippen LogP contribution is 2.19. The SMILES string of the molecule is CC(NC(=O)[C@@H]1CC[C@H](CN)O1)C(=O)N1CCCCC1.Cl. The van der Waals surface area contributed by atoms with E-state index in [1.807, 2.05) is 4.90 Å². The molecular weight excluding hydrogens is 294 g/mol. The van der Waals surface area contributed by atoms with Crippen molar-refractivity contribution < 1.29 is 14.3 Å². The van der Waals surface area contributed by atoms with Gasteiger partial charge in [0, 0.05) is 19.6 Å². The molecule has 0 aliphatic carbocycles. The van der Waals surface area contributed by atoms with Gasteiger partial charge < -0.3 is 20.7 Å². The summed E-state index contributed by atoms with van der Waals surface area (Å²) in [5.41, 5.74) is 5.53. The predicted molar refractivity (Wildman–Crippen MR) is 82.2 cm³/mol. The van der Waals surface area contributed by atoms with E-state index in [-0.39, 0.29) is 30.3 Å². The third-order valence-electron chi connectivity index (χ3n) is 4.06. The Hall–Kier alpha value is -0.850. The minimum Gasteiger partial charge on any atom is -0.364 e. The van der Waals surface area contributed by atoms with E-state index in [0.717, 1.165) is 32.4 Å². The summed E-state index contributed by atoms with van der Waals surface area (Å²) in [7, 11) is 0. The third kappa shape index (κ3) is 4.83. The monoisotopic (exact) mass is 319 g/mol. The van der Waals surface area contributed by atoms with Gasteiger partial charge in [-0.3, -0.25) is 9.59 Å². The molecule has 2 amide bonds. The number of hydrogen-bond acceptors (Lipinski definition) is 4. The first-order valence-electron chi connectivity index (χ1n) is 7.56. The van der Waals surface area contributed by atoms with Crippen LogP contribution in [-0.2, 0) is 14.3 Å². The molecule has 2 rings (SSSR count). The van der Waals surface area contributed by atoms with Gasteiger partial charge in [-0.15, -0.1) is 12.4 Å². The molecule has 0 spiro atoms. The highest BCUT2D eigenvalue weighted by Gasteiger charge is 2.32. The Balaban J connectivity index is 0.00000220. The highest BCUT2D eigenvalue weighted by molar-refractivity contribution is 5.89. The summed E-state index contributed by atoms with van der Waals surface area (Å²) in [5, 5.41) is 2.77. The van der Waals surface area contributed by atoms with Crippen LogP contribution in [0, 0.1) is 0 Å². The molecule has 2 heterocycles. The molecule has 1 unspecified atom stereocenters. The zero-order valence-electron chi connectivity index (χ0n) is 12.5. The topological polar surface area (TPSA) is 84.7 Å². The van der Waals surface area contributed by atoms with Gasteiger partial charge in [-0.05, 0) is 39.0 Å². The molecule has 122 valence electrons. The molecule has 2 saturated heterocycles. The second kappa shape index (κ2) is 8.56. The van der Waals surface area contributed by atoms with Crippen molar-refractivity contribution in [1.82, 2.24) is 10.2 Å². The molecule has 0 aromatic heterocycles. The van der Waals surface area contributed by atoms with Crippen LogP contribution in [-0.4, -0.2) is 54.6 Å². The molecule has 2 aliphatic heterocycles. The quantitative estimate of drug-likeness (QED) is 0.787. The maximum atomic E-state index is 12.2. The standard InChI is InChI=1S/C14H25N3O3.ClH/c1-10(14(19)17-7-3-2-4-8-17)16-13(18)12-6-5-11(9-15)20-12;/h10-12H,2-9,15H2,1H3,(H,16,18);1H/t10?,11-,12+;/m1./s1. The maximum Gasteiger partial charge on any atom is 0.249 e. The van der Waals surface area contributed by atoms with Gasteiger partial charge in [0.25, 0.3) is 0 Å². The Kier molecular flexibility index (Phi) is 7.42. The molecule has 2 fully saturated rings. The summed E-state index contributed by atoms with van der Waals surface area (Å²) in [6, 6.07) is -0.485. The van der Waals surface area contributed by atoms with Crippen molar-refractivity contribution >= 4 is 24.2 Å². The van der Waals surface area contributed by atoms with Crippen LogP contribution < -0.4 is 11.1 Å². The number of piperidine rings is 1. The Morgan fingerprint density at radius 2 is 1.95 bits per heavy atom. The second-order valence-electron chi connectivity index (χ2n) is 5.68. The summed E-state index contributed by atoms with van der Waals surface area (Å²) in [6.07, 6.45) is 4.29. The average Bonchev–Trinajstić information content (AvgIpc) is 2.96. The number of rotatable bonds is 4. The lowest BCUT2D eigenvalue weighted by atomic mass is 10.1. The first kappa shape index (κ1) is 18.2. The Labute approximate surface area is 132 Å². The van der Waals surface area contributed by atoms with Gasteiger partial charge in [-0.25, -0.2) is 0 Å². The van der Waals surface area contributed by atoms with Gasteiger partial charge in [0.2, 0.25) is 11.8 Å². The van der Waals surface area contributed by atoms with Gasteiger partial charge in [0.05, 0.1) is 6.10 Å². The lowest BCUT2D eigenvalue weighted by Crippen LogP contribution is -2.50. The van der Waals surface area contributed by atoms with E-state index in [1.165, 1.54) is 6.42 Å². The second-order valence-corrected chi connectivity index (χ2v) is 5.68. The largest absolute Gasteiger partial charge is 0.364 e. The van der Waals surface area contributed by atoms with E-state index in [0.29, 0.717) is 13.0 Å². The van der Waals surface area contributed by atoms with Crippen LogP contribution in [0.3, 0.4) is 0 Å². The zero-order valence-corrected chi connectivity index (χ0v) is 13.4. The number of ether oxygens (including phenoxy) is 1. The molecule has 0 saturated carbocycles. The summed E-state index contributed by atoms with van der Waals surface area (Å²) in [4.78, 5) is 26.1. The van der Waals surface area contributed by atoms with Gasteiger partial charge in [-0.2, -0.15) is 0 Å². The number of amides is 2. The van der Waals surface area contributed by atoms with Crippen molar-refractivity contribution in [1.29, 1.82) is 0 Å². The normalized spacial score (nSPS) is 26.9. The molecule has 0 aromatic carbocycles. The fourth-order valence-electron chi connectivity index (χ4n) is 2.83. The average molecular weight is 320 g/mol. The number of hydrogen-bond donors (Lipinski definition) is 2. The van der Waals surface area contributed by atoms with Gasteiger partial charge >= 0.3 is 0 Å². The lowest BCUT2D eigenvalue weighted by molar-refractivity contribution is -0.140. The van der Waals surface area contributed by atoms with Gasteiger partial charge in [0.15, 0.2) is 0 Å². The van der Waals surface area contributed by atoms with Crippen molar-refractivity contribution in [2.45, 2.75) is 57.3 Å². The Morgan fingerprint density at radius 1 is 1.29 bits per heavy atom. The van der Waals surface area contributed by atoms with Crippen molar-refractivity contribution in [2.24, 2.45) is 5.73 Å². The van der Waals surface area contributed by atoms with Crippen LogP contribution in [0.2, 0.25) is 0 Å². The summed E-state index contributed by atoms with van der Waals surface area (Å²) >= 11 is 0. The number of carbonyl (C=O) groups is 2. The minimum absolute atomic E-state index is 0. The number of nitrogens with one attached hydrogen (secondary N) is 1. The highest BCUT2D eigenvalue weighted by atomic mass is 35.5. The predicted octanol–water partition coefficient (Wildman–Crippen LogP) is 0.432. The molecule has 0 radical (unpaired) electrons. The maximum absolute atomic E-state index is 12.2. The first-order valence-corrected chi connectivity index (χ1v) is 7.56. The summed E-state index contributed by atoms with van der Waals surface area (Å²) in [6.45, 7) is 3.78. The molecule has 3 N–H and O–H groups in total. The van der Waals surface area contributed by atoms with Crippen LogP contribution in [0.4, 0.5) is 0 Å². The molecule has 0 aromatic rings. The van der Waals surface area contributed by atoms with Crippen LogP contribution in [0.5, 0.6) is 0 Å². The number of likely N-dealkylation sites (tertiary alicyclic amines) is 1. The fourth-order valence-corrected chi connectivity index (χ4v) is 2.83. The molecule has 2 aliphatic rings. The molecular formula is C14H26ClN3O3. The van der Waals surface area contributed by atoms with Crippen LogP contribution in [0.25, 0.3) is 0 Å². The first-order chi connectivity index (χ1) is 9.61. The number of carbonyl (C=O) groups excluding carboxylic acids is 2. The number of nitrogens with two attached hydrogens (primary N) is 1. The zero-order chi connectivity index (χ0) is 14.5. The molecule has 0 bridgehead atoms. The van der Waals surface area contributed by atoms with E-state index in [9.17, 15) is 9.59 Å². The minimum atomic E-state index is -0.485. The van der Waals surface area contributed by atoms with Gasteiger partial charge in [-0.1, -0.05) is 0 Å². The summed E-state index contributed by atoms with van der Waals surface area (Å²) < 4.78 is 5.54. The van der Waals surface area contributed by atoms with Crippen LogP contribution in [0.1, 0.15) is 39.0 Å². The molecule has 6 nitrogen and oxygen atoms in total. The fraction of sp³-hybridized carbons (Fsp3) is 0.857. The van der Waals surface area contributed by atoms with E-state index in [4.69, 9.17) is 10.5 Å². The lowest BCUT2D eigenvalue weighted by Gasteiger charge is -2.29. The molecule has 21 heavy (non-hydrogen) atoms.